The van der Waals surface area contributed by atoms with Gasteiger partial charge in [0, 0.05) is 5.02 Å². The van der Waals surface area contributed by atoms with E-state index in [0.29, 0.717) is 0 Å². The average Bonchev–Trinajstić information content (AvgIpc) is 2.58. The molecule has 0 N–H and O–H groups in total. The van der Waals surface area contributed by atoms with Gasteiger partial charge in [-0.1, -0.05) is 35.9 Å². The highest BCUT2D eigenvalue weighted by molar-refractivity contribution is 9.11. The maximum atomic E-state index is 5.54. The summed E-state index contributed by atoms with van der Waals surface area (Å²) in [5.74, 6) is 0. The van der Waals surface area contributed by atoms with Crippen LogP contribution in [0.4, 0.5) is 0 Å². The van der Waals surface area contributed by atoms with Gasteiger partial charge in [-0.25, -0.2) is 0 Å². The fraction of sp³-hybridized carbons (Fsp3) is 0. The molecular weight excluding hydrogens is 268 g/mol. The van der Waals surface area contributed by atoms with Crippen LogP contribution in [0, 0.1) is 0 Å². The van der Waals surface area contributed by atoms with E-state index in [9.17, 15) is 0 Å². The average molecular weight is 276 g/mol. The Morgan fingerprint density at radius 1 is 1.00 bits per heavy atom. The van der Waals surface area contributed by atoms with E-state index in [-0.39, 0.29) is 0 Å². The molecule has 0 aliphatic rings. The first kappa shape index (κ1) is 10.8. The van der Waals surface area contributed by atoms with Crippen LogP contribution in [-0.4, -0.2) is 0 Å². The molecule has 13 heavy (non-hydrogen) atoms. The first-order chi connectivity index (χ1) is 6.29. The number of halogens is 2. The quantitative estimate of drug-likeness (QED) is 0.645. The van der Waals surface area contributed by atoms with Crippen LogP contribution in [0.1, 0.15) is 0 Å². The summed E-state index contributed by atoms with van der Waals surface area (Å²) in [5, 5.41) is 2.83. The lowest BCUT2D eigenvalue weighted by molar-refractivity contribution is 1.71. The van der Waals surface area contributed by atoms with Crippen molar-refractivity contribution in [2.24, 2.45) is 0 Å². The maximum Gasteiger partial charge on any atom is 0.0698 e. The van der Waals surface area contributed by atoms with Crippen molar-refractivity contribution in [3.8, 4) is 0 Å². The summed E-state index contributed by atoms with van der Waals surface area (Å²) in [6, 6.07) is 13.5. The first-order valence-electron chi connectivity index (χ1n) is 3.68. The summed E-state index contributed by atoms with van der Waals surface area (Å²) in [5.41, 5.74) is 0. The van der Waals surface area contributed by atoms with Crippen LogP contribution in [0.15, 0.2) is 51.6 Å². The molecule has 0 radical (unpaired) electrons. The highest BCUT2D eigenvalue weighted by Gasteiger charge is 1.77. The zero-order valence-corrected chi connectivity index (χ0v) is 9.94. The highest BCUT2D eigenvalue weighted by atomic mass is 79.9. The number of thiophene rings is 1. The Kier molecular flexibility index (Phi) is 5.13. The van der Waals surface area contributed by atoms with Crippen molar-refractivity contribution < 1.29 is 0 Å². The summed E-state index contributed by atoms with van der Waals surface area (Å²) in [7, 11) is 0. The van der Waals surface area contributed by atoms with Gasteiger partial charge in [0.25, 0.3) is 0 Å². The van der Waals surface area contributed by atoms with Crippen molar-refractivity contribution in [3.63, 3.8) is 0 Å². The molecule has 3 heteroatoms. The molecule has 0 aliphatic carbocycles. The molecule has 1 aromatic heterocycles. The molecule has 0 fully saturated rings. The maximum absolute atomic E-state index is 5.54. The molecular formula is C10H8BrClS. The second kappa shape index (κ2) is 6.19. The molecule has 0 unspecified atom stereocenters. The van der Waals surface area contributed by atoms with Crippen molar-refractivity contribution in [2.45, 2.75) is 0 Å². The smallest absolute Gasteiger partial charge is 0.0698 e. The molecule has 1 aromatic carbocycles. The first-order valence-corrected chi connectivity index (χ1v) is 5.73. The third-order valence-electron chi connectivity index (χ3n) is 1.22. The molecule has 0 spiro atoms. The number of hydrogen-bond donors (Lipinski definition) is 0. The summed E-state index contributed by atoms with van der Waals surface area (Å²) in [6.07, 6.45) is 0. The van der Waals surface area contributed by atoms with Gasteiger partial charge in [0.2, 0.25) is 0 Å². The molecule has 2 aromatic rings. The highest BCUT2D eigenvalue weighted by Crippen LogP contribution is 2.14. The Hall–Kier alpha value is -0.310. The van der Waals surface area contributed by atoms with E-state index in [4.69, 9.17) is 11.6 Å². The van der Waals surface area contributed by atoms with E-state index in [1.165, 1.54) is 3.79 Å². The van der Waals surface area contributed by atoms with E-state index in [0.717, 1.165) is 5.02 Å². The zero-order valence-electron chi connectivity index (χ0n) is 6.78. The summed E-state index contributed by atoms with van der Waals surface area (Å²) in [4.78, 5) is 0. The number of rotatable bonds is 0. The summed E-state index contributed by atoms with van der Waals surface area (Å²) < 4.78 is 1.20. The molecule has 0 saturated carbocycles. The molecule has 68 valence electrons. The topological polar surface area (TPSA) is 0 Å². The van der Waals surface area contributed by atoms with Crippen molar-refractivity contribution in [1.82, 2.24) is 0 Å². The van der Waals surface area contributed by atoms with Crippen LogP contribution in [-0.2, 0) is 0 Å². The van der Waals surface area contributed by atoms with E-state index in [2.05, 4.69) is 15.9 Å². The lowest BCUT2D eigenvalue weighted by Gasteiger charge is -1.80. The van der Waals surface area contributed by atoms with Crippen molar-refractivity contribution in [1.29, 1.82) is 0 Å². The van der Waals surface area contributed by atoms with Gasteiger partial charge in [-0.2, -0.15) is 0 Å². The van der Waals surface area contributed by atoms with Crippen LogP contribution in [0.25, 0.3) is 0 Å². The van der Waals surface area contributed by atoms with Crippen LogP contribution in [0.5, 0.6) is 0 Å². The summed E-state index contributed by atoms with van der Waals surface area (Å²) >= 11 is 10.5. The standard InChI is InChI=1S/C6H5Cl.C4H3BrS/c7-6-4-2-1-3-5-6;5-4-2-1-3-6-4/h1-5H;1-3H. The van der Waals surface area contributed by atoms with Crippen molar-refractivity contribution in [2.75, 3.05) is 0 Å². The third-order valence-corrected chi connectivity index (χ3v) is 2.95. The lowest BCUT2D eigenvalue weighted by atomic mass is 10.4. The number of hydrogen-bond acceptors (Lipinski definition) is 1. The molecule has 0 bridgehead atoms. The Balaban J connectivity index is 0.000000132. The minimum atomic E-state index is 0.794. The van der Waals surface area contributed by atoms with Gasteiger partial charge in [-0.3, -0.25) is 0 Å². The van der Waals surface area contributed by atoms with E-state index in [1.807, 2.05) is 47.8 Å². The van der Waals surface area contributed by atoms with Crippen LogP contribution in [0.2, 0.25) is 5.02 Å². The van der Waals surface area contributed by atoms with Crippen molar-refractivity contribution >= 4 is 38.9 Å². The summed E-state index contributed by atoms with van der Waals surface area (Å²) in [6.45, 7) is 0. The Morgan fingerprint density at radius 2 is 1.69 bits per heavy atom. The van der Waals surface area contributed by atoms with E-state index in [1.54, 1.807) is 11.3 Å². The molecule has 0 saturated heterocycles. The van der Waals surface area contributed by atoms with Gasteiger partial charge in [0.1, 0.15) is 0 Å². The van der Waals surface area contributed by atoms with Gasteiger partial charge >= 0.3 is 0 Å². The molecule has 0 amide bonds. The lowest BCUT2D eigenvalue weighted by Crippen LogP contribution is -1.55. The van der Waals surface area contributed by atoms with Gasteiger partial charge in [0.15, 0.2) is 0 Å². The van der Waals surface area contributed by atoms with Crippen LogP contribution < -0.4 is 0 Å². The Bertz CT molecular complexity index is 318. The van der Waals surface area contributed by atoms with E-state index >= 15 is 0 Å². The predicted octanol–water partition coefficient (Wildman–Crippen LogP) is 4.85. The Morgan fingerprint density at radius 3 is 1.92 bits per heavy atom. The number of benzene rings is 1. The normalized spacial score (nSPS) is 8.77. The fourth-order valence-corrected chi connectivity index (χ4v) is 1.74. The zero-order chi connectivity index (χ0) is 9.52. The minimum Gasteiger partial charge on any atom is -0.137 e. The second-order valence-electron chi connectivity index (χ2n) is 2.21. The predicted molar refractivity (Wildman–Crippen MR) is 63.5 cm³/mol. The fourth-order valence-electron chi connectivity index (χ4n) is 0.673. The van der Waals surface area contributed by atoms with Gasteiger partial charge in [-0.15, -0.1) is 11.3 Å². The minimum absolute atomic E-state index is 0.794. The molecule has 1 heterocycles. The molecule has 2 rings (SSSR count). The van der Waals surface area contributed by atoms with Crippen molar-refractivity contribution in [3.05, 3.63) is 56.7 Å². The molecule has 0 atom stereocenters. The SMILES string of the molecule is Brc1cccs1.Clc1ccccc1. The van der Waals surface area contributed by atoms with Crippen LogP contribution in [0.3, 0.4) is 0 Å². The Labute approximate surface area is 95.3 Å². The van der Waals surface area contributed by atoms with Gasteiger partial charge in [0.05, 0.1) is 3.79 Å². The molecule has 0 aliphatic heterocycles. The third kappa shape index (κ3) is 5.09. The largest absolute Gasteiger partial charge is 0.137 e. The monoisotopic (exact) mass is 274 g/mol. The second-order valence-corrected chi connectivity index (χ2v) is 4.98. The van der Waals surface area contributed by atoms with Gasteiger partial charge in [-0.05, 0) is 39.5 Å². The van der Waals surface area contributed by atoms with Crippen LogP contribution >= 0.6 is 38.9 Å². The van der Waals surface area contributed by atoms with E-state index < -0.39 is 0 Å². The molecule has 0 nitrogen and oxygen atoms in total. The van der Waals surface area contributed by atoms with Gasteiger partial charge < -0.3 is 0 Å².